The molecular formula is C48H56FeN2P2. The van der Waals surface area contributed by atoms with Crippen LogP contribution < -0.4 is 0 Å². The van der Waals surface area contributed by atoms with Gasteiger partial charge < -0.3 is 0 Å². The first-order valence-electron chi connectivity index (χ1n) is 21.6. The van der Waals surface area contributed by atoms with Gasteiger partial charge in [-0.15, -0.1) is 0 Å². The quantitative estimate of drug-likeness (QED) is 0.144. The van der Waals surface area contributed by atoms with Gasteiger partial charge in [0.1, 0.15) is 0 Å². The molecule has 1 spiro atoms. The molecule has 53 heavy (non-hydrogen) atoms. The number of hydrogen-bond acceptors (Lipinski definition) is 2. The van der Waals surface area contributed by atoms with E-state index in [0.29, 0.717) is 19.2 Å². The van der Waals surface area contributed by atoms with Crippen molar-refractivity contribution >= 4 is 39.0 Å². The summed E-state index contributed by atoms with van der Waals surface area (Å²) in [5.74, 6) is 4.18. The first-order valence-corrected chi connectivity index (χ1v) is 29.9. The normalized spacial score (nSPS) is 61.2. The van der Waals surface area contributed by atoms with Gasteiger partial charge in [0.15, 0.2) is 0 Å². The summed E-state index contributed by atoms with van der Waals surface area (Å²) >= 11 is 0. The van der Waals surface area contributed by atoms with Gasteiger partial charge in [0, 0.05) is 0 Å². The number of rotatable bonds is 6. The van der Waals surface area contributed by atoms with Gasteiger partial charge in [-0.25, -0.2) is 0 Å². The molecule has 0 N–H and O–H groups in total. The summed E-state index contributed by atoms with van der Waals surface area (Å²) in [5, 5.41) is 2.75. The van der Waals surface area contributed by atoms with Crippen molar-refractivity contribution in [3.05, 3.63) is 84.2 Å². The topological polar surface area (TPSA) is 25.8 Å². The fourth-order valence-electron chi connectivity index (χ4n) is 29.6. The number of para-hydroxylation sites is 2. The molecule has 2 nitrogen and oxygen atoms in total. The fourth-order valence-corrected chi connectivity index (χ4v) is 122. The first kappa shape index (κ1) is 28.9. The molecule has 14 aliphatic rings. The minimum atomic E-state index is -4.45. The fraction of sp³-hybridized carbons (Fsp3) is 0.625. The molecule has 10 aliphatic heterocycles. The van der Waals surface area contributed by atoms with Crippen molar-refractivity contribution in [1.29, 1.82) is 0 Å². The Hall–Kier alpha value is -1.36. The van der Waals surface area contributed by atoms with E-state index in [2.05, 4.69) is 124 Å². The monoisotopic (exact) mass is 778 g/mol. The summed E-state index contributed by atoms with van der Waals surface area (Å²) in [6, 6.07) is 27.8. The molecule has 10 saturated heterocycles. The zero-order valence-electron chi connectivity index (χ0n) is 32.4. The third-order valence-electron chi connectivity index (χ3n) is 26.8. The average molecular weight is 779 g/mol. The molecule has 4 saturated carbocycles. The van der Waals surface area contributed by atoms with E-state index in [1.165, 1.54) is 57.3 Å². The Morgan fingerprint density at radius 3 is 1.60 bits per heavy atom. The van der Waals surface area contributed by atoms with Gasteiger partial charge in [-0.1, -0.05) is 0 Å². The Labute approximate surface area is 309 Å². The van der Waals surface area contributed by atoms with E-state index in [1.807, 2.05) is 0 Å². The molecule has 5 heteroatoms. The van der Waals surface area contributed by atoms with Crippen molar-refractivity contribution in [2.75, 3.05) is 6.16 Å². The summed E-state index contributed by atoms with van der Waals surface area (Å²) in [4.78, 5) is 19.8. The maximum atomic E-state index is 5.85. The predicted molar refractivity (Wildman–Crippen MR) is 220 cm³/mol. The van der Waals surface area contributed by atoms with Crippen molar-refractivity contribution in [2.45, 2.75) is 136 Å². The summed E-state index contributed by atoms with van der Waals surface area (Å²) < 4.78 is 1.80. The van der Waals surface area contributed by atoms with Crippen LogP contribution in [0, 0.1) is 29.1 Å². The van der Waals surface area contributed by atoms with Crippen molar-refractivity contribution < 1.29 is 6.51 Å². The minimum absolute atomic E-state index is 0.104. The van der Waals surface area contributed by atoms with Crippen LogP contribution in [0.4, 0.5) is 0 Å². The van der Waals surface area contributed by atoms with E-state index in [9.17, 15) is 0 Å². The van der Waals surface area contributed by atoms with Gasteiger partial charge in [0.05, 0.1) is 0 Å². The van der Waals surface area contributed by atoms with E-state index in [-0.39, 0.29) is 13.1 Å². The van der Waals surface area contributed by atoms with Gasteiger partial charge in [-0.05, 0) is 0 Å². The molecule has 4 bridgehead atoms. The van der Waals surface area contributed by atoms with Gasteiger partial charge in [-0.3, -0.25) is 0 Å². The molecule has 0 radical (unpaired) electrons. The van der Waals surface area contributed by atoms with E-state index in [0.717, 1.165) is 43.3 Å². The molecule has 2 aromatic carbocycles. The van der Waals surface area contributed by atoms with Crippen LogP contribution in [0.25, 0.3) is 21.8 Å². The number of fused-ring (bicyclic) bond motifs is 12. The Balaban J connectivity index is 0.976. The van der Waals surface area contributed by atoms with E-state index >= 15 is 0 Å². The molecule has 0 amide bonds. The van der Waals surface area contributed by atoms with Gasteiger partial charge in [0.25, 0.3) is 0 Å². The second-order valence-corrected chi connectivity index (χ2v) is 52.6. The summed E-state index contributed by atoms with van der Waals surface area (Å²) in [7, 11) is 3.72. The van der Waals surface area contributed by atoms with Crippen LogP contribution in [-0.4, -0.2) is 26.9 Å². The van der Waals surface area contributed by atoms with Gasteiger partial charge in [-0.2, -0.15) is 0 Å². The number of nitrogens with zero attached hydrogens (tertiary/aromatic N) is 2. The van der Waals surface area contributed by atoms with Crippen molar-refractivity contribution in [3.63, 3.8) is 0 Å². The van der Waals surface area contributed by atoms with E-state index in [1.54, 1.807) is 38.3 Å². The van der Waals surface area contributed by atoms with E-state index < -0.39 is 6.51 Å². The van der Waals surface area contributed by atoms with E-state index in [4.69, 9.17) is 9.97 Å². The van der Waals surface area contributed by atoms with Crippen molar-refractivity contribution in [1.82, 2.24) is 9.97 Å². The molecule has 7 unspecified atom stereocenters. The van der Waals surface area contributed by atoms with Crippen molar-refractivity contribution in [2.24, 2.45) is 29.1 Å². The number of hydrogen-bond donors (Lipinski definition) is 0. The Kier molecular flexibility index (Phi) is 2.78. The Morgan fingerprint density at radius 2 is 1.15 bits per heavy atom. The second kappa shape index (κ2) is 5.09. The Morgan fingerprint density at radius 1 is 0.660 bits per heavy atom. The molecule has 7 atom stereocenters. The van der Waals surface area contributed by atoms with Crippen LogP contribution in [0.3, 0.4) is 0 Å². The van der Waals surface area contributed by atoms with Gasteiger partial charge in [0.2, 0.25) is 0 Å². The molecule has 276 valence electrons. The zero-order valence-corrected chi connectivity index (χ0v) is 35.5. The number of benzene rings is 2. The van der Waals surface area contributed by atoms with Crippen LogP contribution >= 0.6 is 17.2 Å². The third kappa shape index (κ3) is 0.969. The van der Waals surface area contributed by atoms with Gasteiger partial charge >= 0.3 is 311 Å². The average Bonchev–Trinajstić information content (AvgIpc) is 4.07. The molecule has 4 aliphatic carbocycles. The zero-order chi connectivity index (χ0) is 35.4. The molecular weight excluding hydrogens is 722 g/mol. The summed E-state index contributed by atoms with van der Waals surface area (Å²) in [6.07, 6.45) is 9.53. The van der Waals surface area contributed by atoms with Crippen LogP contribution in [0.5, 0.6) is 0 Å². The Bertz CT molecular complexity index is 2820. The standard InChI is InChI=1S/C43H51N2P2.C5H5.Fe/c1-41(2,3)34-24-33(26-47(42(4,5)6)40-31-20-27-19-28(22-31)23-32(40)21-27)35(25-34)43(46,38-17-15-29-11-7-9-13-36(29)44-38)39-18-16-30-12-8-10-14-37(30)45-39;1-2-4-5-3-1;/h7-18,24-25,27-28,31-32,40H,19-23,26,46H2,1-6H3;1-5H;. The molecule has 12 heterocycles. The third-order valence-corrected chi connectivity index (χ3v) is 77.0. The van der Waals surface area contributed by atoms with Crippen molar-refractivity contribution in [3.8, 4) is 0 Å². The maximum absolute atomic E-state index is 5.85. The SMILES string of the molecule is CC(C)(C)P(C[C]12[CH]3[C]4(C(C)(C)C)[CH]5[C]1(C(P)(c1ccc6ccccc6n1)c1ccc6ccccc6n1)[Fe]35241678[CH]2[CH]1[CH]6[CH]7[CH]28)C1C2CC3CC(C2)CC1C3. The second-order valence-electron chi connectivity index (χ2n) is 25.6. The number of pyridine rings is 2. The number of aromatic nitrogens is 2. The molecule has 14 fully saturated rings. The molecule has 18 rings (SSSR count). The first-order chi connectivity index (χ1) is 25.1. The van der Waals surface area contributed by atoms with Crippen LogP contribution in [-0.2, 0) is 11.7 Å². The van der Waals surface area contributed by atoms with Crippen LogP contribution in [0.15, 0.2) is 72.8 Å². The summed E-state index contributed by atoms with van der Waals surface area (Å²) in [5.41, 5.74) is 6.51. The molecule has 4 aromatic rings. The van der Waals surface area contributed by atoms with Crippen LogP contribution in [0.1, 0.15) is 85.0 Å². The predicted octanol–water partition coefficient (Wildman–Crippen LogP) is 13.6. The molecule has 2 aromatic heterocycles. The van der Waals surface area contributed by atoms with Crippen LogP contribution in [0.2, 0.25) is 46.7 Å². The summed E-state index contributed by atoms with van der Waals surface area (Å²) in [6.45, 7) is 12.1.